The number of nitrogens with zero attached hydrogens (tertiary/aromatic N) is 2. The quantitative estimate of drug-likeness (QED) is 0.681. The molecule has 0 atom stereocenters. The minimum atomic E-state index is -0.160. The Balaban J connectivity index is 2.87. The van der Waals surface area contributed by atoms with Crippen LogP contribution in [0.25, 0.3) is 0 Å². The third-order valence-corrected chi connectivity index (χ3v) is 2.22. The first kappa shape index (κ1) is 10.7. The van der Waals surface area contributed by atoms with Gasteiger partial charge in [-0.05, 0) is 32.9 Å². The maximum Gasteiger partial charge on any atom is 0.255 e. The molecule has 0 radical (unpaired) electrons. The van der Waals surface area contributed by atoms with E-state index >= 15 is 0 Å². The lowest BCUT2D eigenvalue weighted by Gasteiger charge is -2.31. The highest BCUT2D eigenvalue weighted by Gasteiger charge is 2.23. The van der Waals surface area contributed by atoms with Gasteiger partial charge in [-0.25, -0.2) is 0 Å². The maximum absolute atomic E-state index is 11.9. The summed E-state index contributed by atoms with van der Waals surface area (Å²) in [5.74, 6) is 0.00519. The van der Waals surface area contributed by atoms with Crippen molar-refractivity contribution < 1.29 is 4.79 Å². The summed E-state index contributed by atoms with van der Waals surface area (Å²) in [7, 11) is 1.80. The van der Waals surface area contributed by atoms with Gasteiger partial charge >= 0.3 is 0 Å². The number of hydrogen-bond donors (Lipinski definition) is 0. The van der Waals surface area contributed by atoms with Crippen LogP contribution in [0.5, 0.6) is 0 Å². The summed E-state index contributed by atoms with van der Waals surface area (Å²) in [4.78, 5) is 17.5. The summed E-state index contributed by atoms with van der Waals surface area (Å²) in [6, 6.07) is 3.54. The second-order valence-electron chi connectivity index (χ2n) is 4.28. The Kier molecular flexibility index (Phi) is 2.89. The van der Waals surface area contributed by atoms with E-state index in [9.17, 15) is 4.79 Å². The lowest BCUT2D eigenvalue weighted by molar-refractivity contribution is 0.0655. The van der Waals surface area contributed by atoms with Gasteiger partial charge in [0.15, 0.2) is 0 Å². The molecule has 14 heavy (non-hydrogen) atoms. The van der Waals surface area contributed by atoms with E-state index in [2.05, 4.69) is 4.98 Å². The molecule has 76 valence electrons. The first-order valence-corrected chi connectivity index (χ1v) is 4.61. The molecule has 0 N–H and O–H groups in total. The topological polar surface area (TPSA) is 33.2 Å². The Labute approximate surface area is 84.8 Å². The Hall–Kier alpha value is -1.38. The fourth-order valence-electron chi connectivity index (χ4n) is 0.988. The number of rotatable bonds is 1. The second-order valence-corrected chi connectivity index (χ2v) is 4.28. The Morgan fingerprint density at radius 2 is 2.07 bits per heavy atom. The molecule has 0 saturated heterocycles. The molecule has 1 aromatic heterocycles. The van der Waals surface area contributed by atoms with Gasteiger partial charge in [-0.15, -0.1) is 0 Å². The van der Waals surface area contributed by atoms with Crippen LogP contribution in [-0.2, 0) is 0 Å². The van der Waals surface area contributed by atoms with Gasteiger partial charge in [0.25, 0.3) is 5.91 Å². The SMILES string of the molecule is CN(C(=O)c1cccnc1)C(C)(C)C. The maximum atomic E-state index is 11.9. The molecule has 0 aromatic carbocycles. The molecule has 0 spiro atoms. The fraction of sp³-hybridized carbons (Fsp3) is 0.455. The molecule has 3 nitrogen and oxygen atoms in total. The number of carbonyl (C=O) groups is 1. The summed E-state index contributed by atoms with van der Waals surface area (Å²) < 4.78 is 0. The molecule has 0 saturated carbocycles. The van der Waals surface area contributed by atoms with Crippen molar-refractivity contribution in [1.82, 2.24) is 9.88 Å². The monoisotopic (exact) mass is 192 g/mol. The van der Waals surface area contributed by atoms with Crippen LogP contribution in [0.1, 0.15) is 31.1 Å². The van der Waals surface area contributed by atoms with Crippen molar-refractivity contribution in [2.24, 2.45) is 0 Å². The van der Waals surface area contributed by atoms with Crippen LogP contribution in [0.3, 0.4) is 0 Å². The summed E-state index contributed by atoms with van der Waals surface area (Å²) in [6.45, 7) is 6.00. The number of carbonyl (C=O) groups excluding carboxylic acids is 1. The summed E-state index contributed by atoms with van der Waals surface area (Å²) >= 11 is 0. The third-order valence-electron chi connectivity index (χ3n) is 2.22. The molecule has 1 amide bonds. The van der Waals surface area contributed by atoms with Crippen LogP contribution in [0.15, 0.2) is 24.5 Å². The molecule has 0 aliphatic carbocycles. The Morgan fingerprint density at radius 3 is 2.50 bits per heavy atom. The molecule has 1 rings (SSSR count). The molecular formula is C11H16N2O. The molecule has 3 heteroatoms. The lowest BCUT2D eigenvalue weighted by Crippen LogP contribution is -2.42. The van der Waals surface area contributed by atoms with E-state index in [0.29, 0.717) is 5.56 Å². The highest BCUT2D eigenvalue weighted by molar-refractivity contribution is 5.94. The minimum Gasteiger partial charge on any atom is -0.337 e. The highest BCUT2D eigenvalue weighted by atomic mass is 16.2. The summed E-state index contributed by atoms with van der Waals surface area (Å²) in [5.41, 5.74) is 0.470. The Bertz CT molecular complexity index is 314. The van der Waals surface area contributed by atoms with Crippen LogP contribution in [0.2, 0.25) is 0 Å². The standard InChI is InChI=1S/C11H16N2O/c1-11(2,3)13(4)10(14)9-6-5-7-12-8-9/h5-8H,1-4H3. The fourth-order valence-corrected chi connectivity index (χ4v) is 0.988. The second kappa shape index (κ2) is 3.78. The van der Waals surface area contributed by atoms with E-state index in [-0.39, 0.29) is 11.4 Å². The average Bonchev–Trinajstić information content (AvgIpc) is 2.15. The van der Waals surface area contributed by atoms with Crippen LogP contribution in [0.4, 0.5) is 0 Å². The number of amides is 1. The van der Waals surface area contributed by atoms with E-state index in [1.807, 2.05) is 20.8 Å². The van der Waals surface area contributed by atoms with Crippen molar-refractivity contribution in [3.63, 3.8) is 0 Å². The van der Waals surface area contributed by atoms with Gasteiger partial charge in [0.1, 0.15) is 0 Å². The van der Waals surface area contributed by atoms with Crippen molar-refractivity contribution in [3.05, 3.63) is 30.1 Å². The largest absolute Gasteiger partial charge is 0.337 e. The molecular weight excluding hydrogens is 176 g/mol. The first-order chi connectivity index (χ1) is 6.43. The lowest BCUT2D eigenvalue weighted by atomic mass is 10.1. The zero-order valence-corrected chi connectivity index (χ0v) is 9.11. The van der Waals surface area contributed by atoms with Gasteiger partial charge in [0.2, 0.25) is 0 Å². The summed E-state index contributed by atoms with van der Waals surface area (Å²) in [6.07, 6.45) is 3.25. The van der Waals surface area contributed by atoms with E-state index < -0.39 is 0 Å². The smallest absolute Gasteiger partial charge is 0.255 e. The van der Waals surface area contributed by atoms with Gasteiger partial charge in [-0.1, -0.05) is 0 Å². The Morgan fingerprint density at radius 1 is 1.43 bits per heavy atom. The molecule has 0 aliphatic heterocycles. The van der Waals surface area contributed by atoms with Crippen LogP contribution in [-0.4, -0.2) is 28.4 Å². The normalized spacial score (nSPS) is 11.1. The van der Waals surface area contributed by atoms with Crippen LogP contribution < -0.4 is 0 Å². The van der Waals surface area contributed by atoms with E-state index in [1.54, 1.807) is 36.5 Å². The molecule has 0 bridgehead atoms. The molecule has 1 aromatic rings. The van der Waals surface area contributed by atoms with Gasteiger partial charge in [0, 0.05) is 25.0 Å². The minimum absolute atomic E-state index is 0.00519. The molecule has 0 unspecified atom stereocenters. The van der Waals surface area contributed by atoms with Crippen molar-refractivity contribution in [2.45, 2.75) is 26.3 Å². The highest BCUT2D eigenvalue weighted by Crippen LogP contribution is 2.13. The zero-order chi connectivity index (χ0) is 10.8. The molecule has 0 aliphatic rings. The van der Waals surface area contributed by atoms with Gasteiger partial charge in [0.05, 0.1) is 5.56 Å². The van der Waals surface area contributed by atoms with Crippen molar-refractivity contribution in [3.8, 4) is 0 Å². The van der Waals surface area contributed by atoms with Gasteiger partial charge < -0.3 is 4.90 Å². The molecule has 1 heterocycles. The van der Waals surface area contributed by atoms with Crippen LogP contribution in [0, 0.1) is 0 Å². The van der Waals surface area contributed by atoms with E-state index in [0.717, 1.165) is 0 Å². The van der Waals surface area contributed by atoms with E-state index in [4.69, 9.17) is 0 Å². The number of pyridine rings is 1. The zero-order valence-electron chi connectivity index (χ0n) is 9.11. The van der Waals surface area contributed by atoms with Crippen molar-refractivity contribution >= 4 is 5.91 Å². The van der Waals surface area contributed by atoms with Crippen molar-refractivity contribution in [2.75, 3.05) is 7.05 Å². The summed E-state index contributed by atoms with van der Waals surface area (Å²) in [5, 5.41) is 0. The van der Waals surface area contributed by atoms with Gasteiger partial charge in [-0.2, -0.15) is 0 Å². The number of aromatic nitrogens is 1. The van der Waals surface area contributed by atoms with Crippen LogP contribution >= 0.6 is 0 Å². The molecule has 0 fully saturated rings. The predicted molar refractivity (Wildman–Crippen MR) is 56.1 cm³/mol. The predicted octanol–water partition coefficient (Wildman–Crippen LogP) is 1.95. The van der Waals surface area contributed by atoms with Gasteiger partial charge in [-0.3, -0.25) is 9.78 Å². The van der Waals surface area contributed by atoms with E-state index in [1.165, 1.54) is 0 Å². The third kappa shape index (κ3) is 2.31. The average molecular weight is 192 g/mol. The first-order valence-electron chi connectivity index (χ1n) is 4.61. The number of hydrogen-bond acceptors (Lipinski definition) is 2. The van der Waals surface area contributed by atoms with Crippen molar-refractivity contribution in [1.29, 1.82) is 0 Å².